The van der Waals surface area contributed by atoms with Crippen molar-refractivity contribution in [3.8, 4) is 0 Å². The number of H-pyrrole nitrogens is 1. The number of benzene rings is 1. The predicted molar refractivity (Wildman–Crippen MR) is 70.4 cm³/mol. The van der Waals surface area contributed by atoms with Crippen molar-refractivity contribution in [3.63, 3.8) is 0 Å². The average Bonchev–Trinajstić information content (AvgIpc) is 2.96. The molecule has 1 amide bonds. The summed E-state index contributed by atoms with van der Waals surface area (Å²) in [5.74, 6) is -0.210. The highest BCUT2D eigenvalue weighted by Crippen LogP contribution is 2.32. The summed E-state index contributed by atoms with van der Waals surface area (Å²) >= 11 is 0. The number of carbonyl (C=O) groups excluding carboxylic acids is 1. The van der Waals surface area contributed by atoms with Crippen molar-refractivity contribution < 1.29 is 9.72 Å². The lowest BCUT2D eigenvalue weighted by atomic mass is 10.1. The van der Waals surface area contributed by atoms with Crippen molar-refractivity contribution in [3.05, 3.63) is 57.9 Å². The Kier molecular flexibility index (Phi) is 2.42. The molecule has 0 unspecified atom stereocenters. The quantitative estimate of drug-likeness (QED) is 0.490. The molecule has 2 heterocycles. The van der Waals surface area contributed by atoms with Gasteiger partial charge in [-0.3, -0.25) is 14.9 Å². The molecular weight excluding hydrogens is 246 g/mol. The largest absolute Gasteiger partial charge is 0.356 e. The molecule has 6 nitrogen and oxygen atoms in total. The molecule has 1 aromatic heterocycles. The maximum atomic E-state index is 11.8. The standard InChI is InChI=1S/C13H9N3O3/c17-13-11(10-3-1-2-4-12(10)15-13)6-8-5-9(7-14-8)16(18)19/h1-7,14H,(H,15,17)/b11-6-. The zero-order chi connectivity index (χ0) is 13.4. The molecule has 3 rings (SSSR count). The maximum Gasteiger partial charge on any atom is 0.287 e. The number of anilines is 1. The average molecular weight is 255 g/mol. The number of rotatable bonds is 2. The van der Waals surface area contributed by atoms with Gasteiger partial charge >= 0.3 is 0 Å². The van der Waals surface area contributed by atoms with Gasteiger partial charge in [-0.15, -0.1) is 0 Å². The molecular formula is C13H9N3O3. The minimum Gasteiger partial charge on any atom is -0.356 e. The van der Waals surface area contributed by atoms with Crippen LogP contribution in [0.15, 0.2) is 36.5 Å². The number of nitro groups is 1. The molecule has 1 aliphatic heterocycles. The van der Waals surface area contributed by atoms with Crippen LogP contribution in [0, 0.1) is 10.1 Å². The van der Waals surface area contributed by atoms with Gasteiger partial charge in [-0.25, -0.2) is 0 Å². The van der Waals surface area contributed by atoms with E-state index in [9.17, 15) is 14.9 Å². The van der Waals surface area contributed by atoms with Gasteiger partial charge in [0.15, 0.2) is 0 Å². The summed E-state index contributed by atoms with van der Waals surface area (Å²) in [5.41, 5.74) is 2.53. The van der Waals surface area contributed by atoms with Gasteiger partial charge in [0, 0.05) is 23.0 Å². The number of aromatic nitrogens is 1. The molecule has 0 radical (unpaired) electrons. The highest BCUT2D eigenvalue weighted by atomic mass is 16.6. The first-order valence-corrected chi connectivity index (χ1v) is 5.60. The molecule has 1 aliphatic rings. The van der Waals surface area contributed by atoms with E-state index in [1.807, 2.05) is 24.3 Å². The van der Waals surface area contributed by atoms with Gasteiger partial charge in [-0.2, -0.15) is 0 Å². The van der Waals surface area contributed by atoms with Crippen molar-refractivity contribution in [1.29, 1.82) is 0 Å². The van der Waals surface area contributed by atoms with Crippen molar-refractivity contribution in [1.82, 2.24) is 4.98 Å². The summed E-state index contributed by atoms with van der Waals surface area (Å²) in [6.45, 7) is 0. The minimum absolute atomic E-state index is 0.0291. The van der Waals surface area contributed by atoms with Crippen LogP contribution in [-0.2, 0) is 4.79 Å². The molecule has 2 aromatic rings. The Labute approximate surface area is 107 Å². The fourth-order valence-corrected chi connectivity index (χ4v) is 2.03. The Bertz CT molecular complexity index is 715. The zero-order valence-electron chi connectivity index (χ0n) is 9.71. The third kappa shape index (κ3) is 1.89. The molecule has 0 atom stereocenters. The lowest BCUT2D eigenvalue weighted by molar-refractivity contribution is -0.384. The van der Waals surface area contributed by atoms with E-state index in [0.717, 1.165) is 11.3 Å². The van der Waals surface area contributed by atoms with E-state index < -0.39 is 4.92 Å². The Morgan fingerprint density at radius 2 is 2.05 bits per heavy atom. The van der Waals surface area contributed by atoms with Crippen molar-refractivity contribution >= 4 is 28.9 Å². The minimum atomic E-state index is -0.485. The van der Waals surface area contributed by atoms with Crippen LogP contribution in [0.2, 0.25) is 0 Å². The van der Waals surface area contributed by atoms with Crippen molar-refractivity contribution in [2.24, 2.45) is 0 Å². The zero-order valence-corrected chi connectivity index (χ0v) is 9.71. The van der Waals surface area contributed by atoms with E-state index >= 15 is 0 Å². The lowest BCUT2D eigenvalue weighted by Crippen LogP contribution is -2.03. The molecule has 1 aromatic carbocycles. The van der Waals surface area contributed by atoms with Crippen LogP contribution in [0.4, 0.5) is 11.4 Å². The summed E-state index contributed by atoms with van der Waals surface area (Å²) in [4.78, 5) is 24.7. The van der Waals surface area contributed by atoms with E-state index in [2.05, 4.69) is 10.3 Å². The first-order chi connectivity index (χ1) is 9.15. The summed E-state index contributed by atoms with van der Waals surface area (Å²) in [7, 11) is 0. The van der Waals surface area contributed by atoms with Crippen LogP contribution < -0.4 is 5.32 Å². The van der Waals surface area contributed by atoms with E-state index in [1.54, 1.807) is 6.08 Å². The highest BCUT2D eigenvalue weighted by molar-refractivity contribution is 6.34. The van der Waals surface area contributed by atoms with Crippen LogP contribution in [0.25, 0.3) is 11.6 Å². The second kappa shape index (κ2) is 4.09. The van der Waals surface area contributed by atoms with E-state index in [4.69, 9.17) is 0 Å². The number of hydrogen-bond donors (Lipinski definition) is 2. The number of hydrogen-bond acceptors (Lipinski definition) is 3. The Hall–Kier alpha value is -2.89. The van der Waals surface area contributed by atoms with Gasteiger partial charge in [0.2, 0.25) is 0 Å². The van der Waals surface area contributed by atoms with Gasteiger partial charge in [0.25, 0.3) is 11.6 Å². The van der Waals surface area contributed by atoms with E-state index in [1.165, 1.54) is 12.3 Å². The molecule has 0 fully saturated rings. The fraction of sp³-hybridized carbons (Fsp3) is 0. The third-order valence-electron chi connectivity index (χ3n) is 2.91. The number of carbonyl (C=O) groups is 1. The van der Waals surface area contributed by atoms with Crippen LogP contribution in [0.3, 0.4) is 0 Å². The lowest BCUT2D eigenvalue weighted by Gasteiger charge is -1.95. The Morgan fingerprint density at radius 1 is 1.26 bits per heavy atom. The molecule has 0 aliphatic carbocycles. The molecule has 2 N–H and O–H groups in total. The SMILES string of the molecule is O=C1Nc2ccccc2/C1=C/c1cc([N+](=O)[O-])c[nH]1. The second-order valence-corrected chi connectivity index (χ2v) is 4.13. The predicted octanol–water partition coefficient (Wildman–Crippen LogP) is 2.42. The fourth-order valence-electron chi connectivity index (χ4n) is 2.03. The number of amides is 1. The molecule has 6 heteroatoms. The summed E-state index contributed by atoms with van der Waals surface area (Å²) in [6.07, 6.45) is 2.90. The molecule has 0 spiro atoms. The van der Waals surface area contributed by atoms with Crippen molar-refractivity contribution in [2.75, 3.05) is 5.32 Å². The number of nitrogens with one attached hydrogen (secondary N) is 2. The van der Waals surface area contributed by atoms with Gasteiger partial charge in [-0.1, -0.05) is 18.2 Å². The van der Waals surface area contributed by atoms with Gasteiger partial charge < -0.3 is 10.3 Å². The van der Waals surface area contributed by atoms with Crippen LogP contribution in [-0.4, -0.2) is 15.8 Å². The smallest absolute Gasteiger partial charge is 0.287 e. The molecule has 94 valence electrons. The van der Waals surface area contributed by atoms with Gasteiger partial charge in [0.05, 0.1) is 16.7 Å². The van der Waals surface area contributed by atoms with E-state index in [0.29, 0.717) is 11.3 Å². The number of nitrogens with zero attached hydrogens (tertiary/aromatic N) is 1. The second-order valence-electron chi connectivity index (χ2n) is 4.13. The van der Waals surface area contributed by atoms with Crippen LogP contribution >= 0.6 is 0 Å². The first kappa shape index (κ1) is 11.2. The van der Waals surface area contributed by atoms with Gasteiger partial charge in [0.1, 0.15) is 0 Å². The molecule has 0 saturated heterocycles. The van der Waals surface area contributed by atoms with Crippen molar-refractivity contribution in [2.45, 2.75) is 0 Å². The van der Waals surface area contributed by atoms with E-state index in [-0.39, 0.29) is 11.6 Å². The summed E-state index contributed by atoms with van der Waals surface area (Å²) in [6, 6.07) is 8.70. The summed E-state index contributed by atoms with van der Waals surface area (Å²) in [5, 5.41) is 13.3. The Balaban J connectivity index is 2.03. The highest BCUT2D eigenvalue weighted by Gasteiger charge is 2.23. The van der Waals surface area contributed by atoms with Crippen LogP contribution in [0.5, 0.6) is 0 Å². The number of aromatic amines is 1. The molecule has 19 heavy (non-hydrogen) atoms. The Morgan fingerprint density at radius 3 is 2.79 bits per heavy atom. The number of para-hydroxylation sites is 1. The molecule has 0 bridgehead atoms. The first-order valence-electron chi connectivity index (χ1n) is 5.60. The molecule has 0 saturated carbocycles. The normalized spacial score (nSPS) is 15.4. The summed E-state index contributed by atoms with van der Waals surface area (Å²) < 4.78 is 0. The third-order valence-corrected chi connectivity index (χ3v) is 2.91. The van der Waals surface area contributed by atoms with Crippen LogP contribution in [0.1, 0.15) is 11.3 Å². The number of fused-ring (bicyclic) bond motifs is 1. The van der Waals surface area contributed by atoms with Gasteiger partial charge in [-0.05, 0) is 12.1 Å². The topological polar surface area (TPSA) is 88.0 Å². The monoisotopic (exact) mass is 255 g/mol. The maximum absolute atomic E-state index is 11.8.